The first-order chi connectivity index (χ1) is 13.3. The number of anilines is 1. The van der Waals surface area contributed by atoms with Crippen LogP contribution in [0.3, 0.4) is 0 Å². The van der Waals surface area contributed by atoms with E-state index in [1.165, 1.54) is 27.9 Å². The number of carbonyl (C=O) groups is 1. The first kappa shape index (κ1) is 18.8. The molecule has 5 nitrogen and oxygen atoms in total. The van der Waals surface area contributed by atoms with Crippen molar-refractivity contribution in [2.45, 2.75) is 33.3 Å². The largest absolute Gasteiger partial charge is 0.441 e. The summed E-state index contributed by atoms with van der Waals surface area (Å²) in [7, 11) is 0. The minimum atomic E-state index is -0.718. The molecule has 1 aliphatic heterocycles. The predicted molar refractivity (Wildman–Crippen MR) is 111 cm³/mol. The Morgan fingerprint density at radius 1 is 1.14 bits per heavy atom. The lowest BCUT2D eigenvalue weighted by molar-refractivity contribution is 0.0392. The summed E-state index contributed by atoms with van der Waals surface area (Å²) in [5.74, 6) is 0. The van der Waals surface area contributed by atoms with E-state index in [2.05, 4.69) is 62.1 Å². The lowest BCUT2D eigenvalue weighted by Gasteiger charge is -2.30. The number of nitrogens with two attached hydrogens (primary N) is 1. The number of hydrogen-bond donors (Lipinski definition) is 1. The maximum absolute atomic E-state index is 11.3. The van der Waals surface area contributed by atoms with E-state index in [1.54, 1.807) is 0 Å². The van der Waals surface area contributed by atoms with Gasteiger partial charge in [0.05, 0.1) is 13.2 Å². The molecule has 0 saturated carbocycles. The molecule has 1 unspecified atom stereocenters. The van der Waals surface area contributed by atoms with Gasteiger partial charge in [-0.05, 0) is 53.3 Å². The van der Waals surface area contributed by atoms with E-state index < -0.39 is 6.09 Å². The molecule has 0 bridgehead atoms. The van der Waals surface area contributed by atoms with Gasteiger partial charge in [-0.3, -0.25) is 0 Å². The number of ether oxygens (including phenoxy) is 2. The molecule has 1 atom stereocenters. The summed E-state index contributed by atoms with van der Waals surface area (Å²) in [5, 5.41) is 0. The molecule has 1 saturated heterocycles. The van der Waals surface area contributed by atoms with Gasteiger partial charge in [0.1, 0.15) is 6.10 Å². The summed E-state index contributed by atoms with van der Waals surface area (Å²) >= 11 is 0. The van der Waals surface area contributed by atoms with Crippen LogP contribution in [0.4, 0.5) is 10.5 Å². The Morgan fingerprint density at radius 3 is 2.50 bits per heavy atom. The van der Waals surface area contributed by atoms with Crippen LogP contribution in [-0.4, -0.2) is 32.4 Å². The number of hydrogen-bond acceptors (Lipinski definition) is 4. The molecule has 0 radical (unpaired) electrons. The molecule has 1 aliphatic carbocycles. The van der Waals surface area contributed by atoms with Crippen LogP contribution in [-0.2, 0) is 15.9 Å². The normalized spacial score (nSPS) is 20.7. The van der Waals surface area contributed by atoms with Gasteiger partial charge in [-0.2, -0.15) is 0 Å². The van der Waals surface area contributed by atoms with Crippen molar-refractivity contribution in [3.8, 4) is 11.1 Å². The first-order valence-electron chi connectivity index (χ1n) is 9.88. The van der Waals surface area contributed by atoms with Crippen LogP contribution in [0, 0.1) is 12.3 Å². The van der Waals surface area contributed by atoms with Crippen LogP contribution in [0.1, 0.15) is 36.6 Å². The summed E-state index contributed by atoms with van der Waals surface area (Å²) in [4.78, 5) is 13.7. The van der Waals surface area contributed by atoms with Gasteiger partial charge in [0, 0.05) is 24.2 Å². The summed E-state index contributed by atoms with van der Waals surface area (Å²) in [6.45, 7) is 9.85. The highest BCUT2D eigenvalue weighted by molar-refractivity contribution is 5.71. The van der Waals surface area contributed by atoms with Gasteiger partial charge in [0.2, 0.25) is 0 Å². The highest BCUT2D eigenvalue weighted by atomic mass is 16.6. The first-order valence-corrected chi connectivity index (χ1v) is 9.88. The predicted octanol–water partition coefficient (Wildman–Crippen LogP) is 4.22. The van der Waals surface area contributed by atoms with Gasteiger partial charge in [-0.15, -0.1) is 0 Å². The number of aryl methyl sites for hydroxylation is 1. The molecule has 28 heavy (non-hydrogen) atoms. The number of rotatable bonds is 3. The van der Waals surface area contributed by atoms with Crippen molar-refractivity contribution in [2.24, 2.45) is 11.1 Å². The van der Waals surface area contributed by atoms with Crippen LogP contribution < -0.4 is 10.6 Å². The number of benzene rings is 2. The molecular formula is C23H28N2O3. The van der Waals surface area contributed by atoms with Crippen LogP contribution >= 0.6 is 0 Å². The quantitative estimate of drug-likeness (QED) is 0.866. The molecule has 5 heteroatoms. The van der Waals surface area contributed by atoms with E-state index in [-0.39, 0.29) is 11.5 Å². The molecule has 1 fully saturated rings. The fourth-order valence-electron chi connectivity index (χ4n) is 4.53. The Hall–Kier alpha value is -2.53. The van der Waals surface area contributed by atoms with E-state index in [4.69, 9.17) is 15.2 Å². The molecule has 2 aromatic rings. The second-order valence-electron chi connectivity index (χ2n) is 8.50. The second-order valence-corrected chi connectivity index (χ2v) is 8.50. The Morgan fingerprint density at radius 2 is 1.82 bits per heavy atom. The van der Waals surface area contributed by atoms with Crippen molar-refractivity contribution in [1.82, 2.24) is 0 Å². The van der Waals surface area contributed by atoms with Crippen molar-refractivity contribution >= 4 is 11.8 Å². The highest BCUT2D eigenvalue weighted by Gasteiger charge is 2.41. The van der Waals surface area contributed by atoms with E-state index in [0.717, 1.165) is 38.3 Å². The number of amides is 1. The second kappa shape index (κ2) is 7.13. The van der Waals surface area contributed by atoms with Crippen LogP contribution in [0.2, 0.25) is 0 Å². The molecule has 1 amide bonds. The summed E-state index contributed by atoms with van der Waals surface area (Å²) in [6.07, 6.45) is -0.150. The molecule has 2 aliphatic rings. The average Bonchev–Trinajstić information content (AvgIpc) is 2.91. The van der Waals surface area contributed by atoms with E-state index in [1.807, 2.05) is 0 Å². The molecule has 2 N–H and O–H groups in total. The number of fused-ring (bicyclic) bond motifs is 1. The van der Waals surface area contributed by atoms with Crippen molar-refractivity contribution < 1.29 is 14.3 Å². The number of carbonyl (C=O) groups excluding carboxylic acids is 1. The summed E-state index contributed by atoms with van der Waals surface area (Å²) in [6, 6.07) is 13.1. The molecule has 4 rings (SSSR count). The monoisotopic (exact) mass is 380 g/mol. The van der Waals surface area contributed by atoms with Crippen LogP contribution in [0.25, 0.3) is 11.1 Å². The summed E-state index contributed by atoms with van der Waals surface area (Å²) in [5.41, 5.74) is 12.4. The Bertz CT molecular complexity index is 901. The minimum Gasteiger partial charge on any atom is -0.441 e. The molecule has 2 aromatic carbocycles. The zero-order valence-electron chi connectivity index (χ0n) is 16.8. The average molecular weight is 380 g/mol. The SMILES string of the molecule is Cc1cc(-c2ccc3c(c2)CC(C)(C)C3OC(N)=O)ccc1N1CCOCC1. The number of morpholine rings is 1. The van der Waals surface area contributed by atoms with Crippen LogP contribution in [0.5, 0.6) is 0 Å². The fraction of sp³-hybridized carbons (Fsp3) is 0.435. The van der Waals surface area contributed by atoms with Gasteiger partial charge < -0.3 is 20.1 Å². The van der Waals surface area contributed by atoms with Crippen molar-refractivity contribution in [2.75, 3.05) is 31.2 Å². The Balaban J connectivity index is 1.63. The molecule has 0 spiro atoms. The van der Waals surface area contributed by atoms with Gasteiger partial charge in [0.25, 0.3) is 0 Å². The molecular weight excluding hydrogens is 352 g/mol. The van der Waals surface area contributed by atoms with Gasteiger partial charge in [0.15, 0.2) is 0 Å². The van der Waals surface area contributed by atoms with Gasteiger partial charge in [-0.1, -0.05) is 38.1 Å². The maximum Gasteiger partial charge on any atom is 0.405 e. The topological polar surface area (TPSA) is 64.8 Å². The molecule has 0 aromatic heterocycles. The van der Waals surface area contributed by atoms with Gasteiger partial charge in [-0.25, -0.2) is 4.79 Å². The van der Waals surface area contributed by atoms with Crippen molar-refractivity contribution in [1.29, 1.82) is 0 Å². The zero-order valence-corrected chi connectivity index (χ0v) is 16.8. The number of nitrogens with zero attached hydrogens (tertiary/aromatic N) is 1. The van der Waals surface area contributed by atoms with E-state index in [9.17, 15) is 4.79 Å². The van der Waals surface area contributed by atoms with E-state index >= 15 is 0 Å². The summed E-state index contributed by atoms with van der Waals surface area (Å²) < 4.78 is 10.9. The third-order valence-corrected chi connectivity index (χ3v) is 5.90. The molecule has 148 valence electrons. The van der Waals surface area contributed by atoms with E-state index in [0.29, 0.717) is 0 Å². The number of primary amides is 1. The third-order valence-electron chi connectivity index (χ3n) is 5.90. The molecule has 1 heterocycles. The zero-order chi connectivity index (χ0) is 19.9. The highest BCUT2D eigenvalue weighted by Crippen LogP contribution is 2.48. The van der Waals surface area contributed by atoms with Crippen molar-refractivity contribution in [3.05, 3.63) is 53.1 Å². The fourth-order valence-corrected chi connectivity index (χ4v) is 4.53. The lowest BCUT2D eigenvalue weighted by atomic mass is 9.87. The Labute approximate surface area is 166 Å². The Kier molecular flexibility index (Phi) is 4.79. The van der Waals surface area contributed by atoms with Crippen molar-refractivity contribution in [3.63, 3.8) is 0 Å². The van der Waals surface area contributed by atoms with Crippen LogP contribution in [0.15, 0.2) is 36.4 Å². The maximum atomic E-state index is 11.3. The lowest BCUT2D eigenvalue weighted by Crippen LogP contribution is -2.36. The third kappa shape index (κ3) is 3.47. The smallest absolute Gasteiger partial charge is 0.405 e. The van der Waals surface area contributed by atoms with Gasteiger partial charge >= 0.3 is 6.09 Å². The standard InChI is InChI=1S/C23H28N2O3/c1-15-12-16(5-7-20(15)25-8-10-27-11-9-25)17-4-6-19-18(13-17)14-23(2,3)21(19)28-22(24)26/h4-7,12-13,21H,8-11,14H2,1-3H3,(H2,24,26). The minimum absolute atomic E-state index is 0.161.